The number of aromatic nitrogens is 1. The summed E-state index contributed by atoms with van der Waals surface area (Å²) in [6, 6.07) is 12.0. The molecule has 2 aromatic rings. The van der Waals surface area contributed by atoms with Crippen LogP contribution in [0.4, 0.5) is 0 Å². The van der Waals surface area contributed by atoms with Crippen molar-refractivity contribution in [2.75, 3.05) is 0 Å². The molecule has 2 rings (SSSR count). The van der Waals surface area contributed by atoms with E-state index >= 15 is 0 Å². The Hall–Kier alpha value is -1.23. The molecule has 0 saturated carbocycles. The molecule has 82 valence electrons. The van der Waals surface area contributed by atoms with Crippen LogP contribution in [-0.2, 0) is 0 Å². The number of hydrogen-bond donors (Lipinski definition) is 2. The molecule has 1 aromatic carbocycles. The predicted octanol–water partition coefficient (Wildman–Crippen LogP) is 2.40. The predicted molar refractivity (Wildman–Crippen MR) is 67.5 cm³/mol. The fourth-order valence-corrected chi connectivity index (χ4v) is 2.00. The number of rotatable bonds is 3. The van der Waals surface area contributed by atoms with Crippen LogP contribution in [0, 0.1) is 0 Å². The van der Waals surface area contributed by atoms with Crippen molar-refractivity contribution in [1.82, 2.24) is 10.4 Å². The van der Waals surface area contributed by atoms with Crippen LogP contribution < -0.4 is 11.3 Å². The SMILES string of the molecule is NNC(c1ccccc1)c1cncc(Br)c1. The van der Waals surface area contributed by atoms with Crippen molar-refractivity contribution >= 4 is 15.9 Å². The van der Waals surface area contributed by atoms with E-state index in [4.69, 9.17) is 5.84 Å². The van der Waals surface area contributed by atoms with Gasteiger partial charge in [-0.15, -0.1) is 0 Å². The lowest BCUT2D eigenvalue weighted by atomic mass is 10.0. The van der Waals surface area contributed by atoms with E-state index in [1.54, 1.807) is 6.20 Å². The molecule has 0 bridgehead atoms. The van der Waals surface area contributed by atoms with Gasteiger partial charge >= 0.3 is 0 Å². The van der Waals surface area contributed by atoms with Crippen LogP contribution >= 0.6 is 15.9 Å². The van der Waals surface area contributed by atoms with Crippen molar-refractivity contribution in [2.45, 2.75) is 6.04 Å². The summed E-state index contributed by atoms with van der Waals surface area (Å²) in [5, 5.41) is 0. The number of benzene rings is 1. The molecule has 0 amide bonds. The van der Waals surface area contributed by atoms with Gasteiger partial charge in [-0.2, -0.15) is 0 Å². The number of nitrogens with two attached hydrogens (primary N) is 1. The molecule has 0 radical (unpaired) electrons. The van der Waals surface area contributed by atoms with Crippen LogP contribution in [-0.4, -0.2) is 4.98 Å². The summed E-state index contributed by atoms with van der Waals surface area (Å²) < 4.78 is 0.946. The summed E-state index contributed by atoms with van der Waals surface area (Å²) in [6.07, 6.45) is 3.56. The Morgan fingerprint density at radius 2 is 1.88 bits per heavy atom. The zero-order valence-corrected chi connectivity index (χ0v) is 10.2. The quantitative estimate of drug-likeness (QED) is 0.669. The summed E-state index contributed by atoms with van der Waals surface area (Å²) in [7, 11) is 0. The summed E-state index contributed by atoms with van der Waals surface area (Å²) in [4.78, 5) is 4.14. The molecule has 3 N–H and O–H groups in total. The minimum atomic E-state index is -0.0359. The first kappa shape index (κ1) is 11.3. The van der Waals surface area contributed by atoms with Gasteiger partial charge in [-0.05, 0) is 33.1 Å². The third-order valence-corrected chi connectivity index (χ3v) is 2.79. The second-order valence-electron chi connectivity index (χ2n) is 3.45. The van der Waals surface area contributed by atoms with Gasteiger partial charge < -0.3 is 0 Å². The average Bonchev–Trinajstić information content (AvgIpc) is 2.31. The van der Waals surface area contributed by atoms with Crippen molar-refractivity contribution in [3.8, 4) is 0 Å². The highest BCUT2D eigenvalue weighted by molar-refractivity contribution is 9.10. The zero-order valence-electron chi connectivity index (χ0n) is 8.60. The molecule has 1 heterocycles. The number of hydrogen-bond acceptors (Lipinski definition) is 3. The molecule has 0 aliphatic carbocycles. The maximum Gasteiger partial charge on any atom is 0.0725 e. The van der Waals surface area contributed by atoms with Crippen molar-refractivity contribution in [3.05, 3.63) is 64.4 Å². The maximum atomic E-state index is 5.59. The smallest absolute Gasteiger partial charge is 0.0725 e. The highest BCUT2D eigenvalue weighted by Crippen LogP contribution is 2.22. The largest absolute Gasteiger partial charge is 0.271 e. The van der Waals surface area contributed by atoms with Gasteiger partial charge in [0.05, 0.1) is 6.04 Å². The van der Waals surface area contributed by atoms with Crippen LogP contribution in [0.1, 0.15) is 17.2 Å². The van der Waals surface area contributed by atoms with E-state index in [9.17, 15) is 0 Å². The van der Waals surface area contributed by atoms with Gasteiger partial charge in [0.15, 0.2) is 0 Å². The van der Waals surface area contributed by atoms with E-state index in [1.165, 1.54) is 0 Å². The standard InChI is InChI=1S/C12H12BrN3/c13-11-6-10(7-15-8-11)12(16-14)9-4-2-1-3-5-9/h1-8,12,16H,14H2. The number of nitrogens with zero attached hydrogens (tertiary/aromatic N) is 1. The summed E-state index contributed by atoms with van der Waals surface area (Å²) in [5.41, 5.74) is 4.95. The van der Waals surface area contributed by atoms with Crippen LogP contribution in [0.2, 0.25) is 0 Å². The monoisotopic (exact) mass is 277 g/mol. The minimum absolute atomic E-state index is 0.0359. The Kier molecular flexibility index (Phi) is 3.66. The number of halogens is 1. The molecule has 3 nitrogen and oxygen atoms in total. The fourth-order valence-electron chi connectivity index (χ4n) is 1.62. The molecule has 1 unspecified atom stereocenters. The molecular weight excluding hydrogens is 266 g/mol. The van der Waals surface area contributed by atoms with Gasteiger partial charge in [-0.1, -0.05) is 30.3 Å². The first-order valence-corrected chi connectivity index (χ1v) is 5.72. The highest BCUT2D eigenvalue weighted by atomic mass is 79.9. The molecule has 0 spiro atoms. The third kappa shape index (κ3) is 2.47. The van der Waals surface area contributed by atoms with E-state index in [0.717, 1.165) is 15.6 Å². The summed E-state index contributed by atoms with van der Waals surface area (Å²) >= 11 is 3.40. The minimum Gasteiger partial charge on any atom is -0.271 e. The number of nitrogens with one attached hydrogen (secondary N) is 1. The van der Waals surface area contributed by atoms with Gasteiger partial charge in [0.25, 0.3) is 0 Å². The van der Waals surface area contributed by atoms with E-state index in [2.05, 4.69) is 26.3 Å². The van der Waals surface area contributed by atoms with Crippen molar-refractivity contribution < 1.29 is 0 Å². The zero-order chi connectivity index (χ0) is 11.4. The Morgan fingerprint density at radius 3 is 2.50 bits per heavy atom. The second-order valence-corrected chi connectivity index (χ2v) is 4.36. The van der Waals surface area contributed by atoms with E-state index in [1.807, 2.05) is 42.6 Å². The molecule has 0 saturated heterocycles. The van der Waals surface area contributed by atoms with Crippen molar-refractivity contribution in [2.24, 2.45) is 5.84 Å². The van der Waals surface area contributed by atoms with Gasteiger partial charge in [0, 0.05) is 16.9 Å². The first-order chi connectivity index (χ1) is 7.81. The molecule has 0 aliphatic heterocycles. The molecule has 0 fully saturated rings. The number of pyridine rings is 1. The molecule has 0 aliphatic rings. The molecule has 16 heavy (non-hydrogen) atoms. The maximum absolute atomic E-state index is 5.59. The van der Waals surface area contributed by atoms with Crippen molar-refractivity contribution in [1.29, 1.82) is 0 Å². The van der Waals surface area contributed by atoms with Crippen LogP contribution in [0.3, 0.4) is 0 Å². The molecule has 1 atom stereocenters. The Balaban J connectivity index is 2.37. The van der Waals surface area contributed by atoms with E-state index in [-0.39, 0.29) is 6.04 Å². The van der Waals surface area contributed by atoms with Crippen LogP contribution in [0.5, 0.6) is 0 Å². The Bertz CT molecular complexity index is 459. The Labute approximate surface area is 103 Å². The lowest BCUT2D eigenvalue weighted by Gasteiger charge is -2.16. The van der Waals surface area contributed by atoms with Gasteiger partial charge in [-0.3, -0.25) is 10.8 Å². The third-order valence-electron chi connectivity index (χ3n) is 2.36. The normalized spacial score (nSPS) is 12.4. The lowest BCUT2D eigenvalue weighted by Crippen LogP contribution is -2.28. The second kappa shape index (κ2) is 5.21. The Morgan fingerprint density at radius 1 is 1.12 bits per heavy atom. The fraction of sp³-hybridized carbons (Fsp3) is 0.0833. The van der Waals surface area contributed by atoms with Gasteiger partial charge in [-0.25, -0.2) is 5.43 Å². The van der Waals surface area contributed by atoms with Crippen LogP contribution in [0.15, 0.2) is 53.3 Å². The van der Waals surface area contributed by atoms with Crippen molar-refractivity contribution in [3.63, 3.8) is 0 Å². The average molecular weight is 278 g/mol. The van der Waals surface area contributed by atoms with E-state index < -0.39 is 0 Å². The lowest BCUT2D eigenvalue weighted by molar-refractivity contribution is 0.634. The number of hydrazine groups is 1. The first-order valence-electron chi connectivity index (χ1n) is 4.93. The topological polar surface area (TPSA) is 50.9 Å². The molecular formula is C12H12BrN3. The molecule has 4 heteroatoms. The highest BCUT2D eigenvalue weighted by Gasteiger charge is 2.12. The summed E-state index contributed by atoms with van der Waals surface area (Å²) in [6.45, 7) is 0. The van der Waals surface area contributed by atoms with Gasteiger partial charge in [0.1, 0.15) is 0 Å². The van der Waals surface area contributed by atoms with E-state index in [0.29, 0.717) is 0 Å². The molecule has 1 aromatic heterocycles. The van der Waals surface area contributed by atoms with Crippen LogP contribution in [0.25, 0.3) is 0 Å². The summed E-state index contributed by atoms with van der Waals surface area (Å²) in [5.74, 6) is 5.59. The van der Waals surface area contributed by atoms with Gasteiger partial charge in [0.2, 0.25) is 0 Å².